The van der Waals surface area contributed by atoms with Crippen LogP contribution in [-0.4, -0.2) is 13.0 Å². The summed E-state index contributed by atoms with van der Waals surface area (Å²) in [5.41, 5.74) is -0.0491. The van der Waals surface area contributed by atoms with E-state index < -0.39 is 17.5 Å². The molecule has 0 fully saturated rings. The first-order valence-corrected chi connectivity index (χ1v) is 6.89. The van der Waals surface area contributed by atoms with E-state index in [-0.39, 0.29) is 16.3 Å². The first-order valence-electron chi connectivity index (χ1n) is 5.72. The third-order valence-electron chi connectivity index (χ3n) is 2.66. The van der Waals surface area contributed by atoms with Gasteiger partial charge in [-0.15, -0.1) is 0 Å². The number of halogens is 4. The average Bonchev–Trinajstić information content (AvgIpc) is 2.43. The quantitative estimate of drug-likeness (QED) is 0.847. The van der Waals surface area contributed by atoms with E-state index in [0.29, 0.717) is 16.3 Å². The van der Waals surface area contributed by atoms with E-state index in [4.69, 9.17) is 16.3 Å². The molecule has 0 aliphatic rings. The lowest BCUT2D eigenvalue weighted by molar-refractivity contribution is 0.102. The Morgan fingerprint density at radius 2 is 2.00 bits per heavy atom. The Kier molecular flexibility index (Phi) is 4.80. The maximum atomic E-state index is 13.7. The van der Waals surface area contributed by atoms with Crippen LogP contribution in [0.15, 0.2) is 34.8 Å². The van der Waals surface area contributed by atoms with E-state index in [0.717, 1.165) is 6.07 Å². The molecule has 2 rings (SSSR count). The van der Waals surface area contributed by atoms with Gasteiger partial charge in [0, 0.05) is 10.5 Å². The maximum Gasteiger partial charge on any atom is 0.257 e. The Bertz CT molecular complexity index is 686. The number of carbonyl (C=O) groups excluding carboxylic acids is 1. The van der Waals surface area contributed by atoms with Crippen LogP contribution in [-0.2, 0) is 0 Å². The minimum atomic E-state index is -0.952. The fraction of sp³-hybridized carbons (Fsp3) is 0.0714. The fourth-order valence-corrected chi connectivity index (χ4v) is 2.32. The molecule has 0 atom stereocenters. The van der Waals surface area contributed by atoms with Crippen molar-refractivity contribution in [3.63, 3.8) is 0 Å². The van der Waals surface area contributed by atoms with Crippen molar-refractivity contribution in [2.24, 2.45) is 0 Å². The first-order chi connectivity index (χ1) is 9.92. The number of anilines is 1. The second-order valence-electron chi connectivity index (χ2n) is 4.04. The van der Waals surface area contributed by atoms with Crippen LogP contribution < -0.4 is 10.1 Å². The largest absolute Gasteiger partial charge is 0.497 e. The number of hydrogen-bond acceptors (Lipinski definition) is 2. The smallest absolute Gasteiger partial charge is 0.257 e. The van der Waals surface area contributed by atoms with Crippen LogP contribution >= 0.6 is 27.5 Å². The number of rotatable bonds is 3. The molecule has 1 amide bonds. The van der Waals surface area contributed by atoms with Crippen LogP contribution in [0, 0.1) is 11.6 Å². The Hall–Kier alpha value is -1.66. The summed E-state index contributed by atoms with van der Waals surface area (Å²) in [5.74, 6) is -1.91. The van der Waals surface area contributed by atoms with Gasteiger partial charge in [0.05, 0.1) is 23.4 Å². The van der Waals surface area contributed by atoms with Gasteiger partial charge in [0.25, 0.3) is 5.91 Å². The van der Waals surface area contributed by atoms with Crippen molar-refractivity contribution in [1.29, 1.82) is 0 Å². The minimum absolute atomic E-state index is 0.222. The van der Waals surface area contributed by atoms with Gasteiger partial charge in [-0.25, -0.2) is 8.78 Å². The van der Waals surface area contributed by atoms with E-state index in [9.17, 15) is 13.6 Å². The predicted octanol–water partition coefficient (Wildman–Crippen LogP) is 4.64. The van der Waals surface area contributed by atoms with Gasteiger partial charge >= 0.3 is 0 Å². The third kappa shape index (κ3) is 3.51. The maximum absolute atomic E-state index is 13.7. The molecule has 0 saturated heterocycles. The van der Waals surface area contributed by atoms with Crippen molar-refractivity contribution < 1.29 is 18.3 Å². The van der Waals surface area contributed by atoms with Gasteiger partial charge in [-0.05, 0) is 40.2 Å². The van der Waals surface area contributed by atoms with E-state index in [1.54, 1.807) is 12.1 Å². The van der Waals surface area contributed by atoms with Crippen LogP contribution in [0.5, 0.6) is 5.75 Å². The third-order valence-corrected chi connectivity index (χ3v) is 3.65. The summed E-state index contributed by atoms with van der Waals surface area (Å²) in [4.78, 5) is 12.2. The molecule has 0 aromatic heterocycles. The van der Waals surface area contributed by atoms with Crippen molar-refractivity contribution in [1.82, 2.24) is 0 Å². The standard InChI is InChI=1S/C14H9BrClF2NO2/c1-21-8-2-3-10(15)9(6-8)14(20)19-13-11(16)4-7(17)5-12(13)18/h2-6H,1H3,(H,19,20). The molecular weight excluding hydrogens is 368 g/mol. The molecule has 2 aromatic carbocycles. The second kappa shape index (κ2) is 6.41. The number of carbonyl (C=O) groups is 1. The van der Waals surface area contributed by atoms with E-state index in [1.165, 1.54) is 13.2 Å². The van der Waals surface area contributed by atoms with Crippen molar-refractivity contribution >= 4 is 39.1 Å². The Balaban J connectivity index is 2.35. The lowest BCUT2D eigenvalue weighted by atomic mass is 10.2. The van der Waals surface area contributed by atoms with Gasteiger partial charge in [-0.3, -0.25) is 4.79 Å². The molecule has 0 aliphatic carbocycles. The van der Waals surface area contributed by atoms with Gasteiger partial charge in [-0.2, -0.15) is 0 Å². The van der Waals surface area contributed by atoms with Crippen molar-refractivity contribution in [3.8, 4) is 5.75 Å². The molecule has 0 spiro atoms. The molecule has 3 nitrogen and oxygen atoms in total. The van der Waals surface area contributed by atoms with Crippen molar-refractivity contribution in [2.75, 3.05) is 12.4 Å². The summed E-state index contributed by atoms with van der Waals surface area (Å²) >= 11 is 8.95. The highest BCUT2D eigenvalue weighted by Gasteiger charge is 2.16. The summed E-state index contributed by atoms with van der Waals surface area (Å²) in [6, 6.07) is 6.32. The summed E-state index contributed by atoms with van der Waals surface area (Å²) in [7, 11) is 1.46. The van der Waals surface area contributed by atoms with Gasteiger partial charge in [0.2, 0.25) is 0 Å². The average molecular weight is 377 g/mol. The van der Waals surface area contributed by atoms with Crippen molar-refractivity contribution in [3.05, 3.63) is 57.0 Å². The van der Waals surface area contributed by atoms with Gasteiger partial charge in [0.1, 0.15) is 11.6 Å². The molecule has 110 valence electrons. The lowest BCUT2D eigenvalue weighted by Crippen LogP contribution is -2.14. The normalized spacial score (nSPS) is 10.3. The molecular formula is C14H9BrClF2NO2. The zero-order valence-corrected chi connectivity index (χ0v) is 13.1. The van der Waals surface area contributed by atoms with E-state index >= 15 is 0 Å². The SMILES string of the molecule is COc1ccc(Br)c(C(=O)Nc2c(F)cc(F)cc2Cl)c1. The van der Waals surface area contributed by atoms with E-state index in [2.05, 4.69) is 21.2 Å². The molecule has 0 heterocycles. The molecule has 0 aliphatic heterocycles. The number of hydrogen-bond donors (Lipinski definition) is 1. The summed E-state index contributed by atoms with van der Waals surface area (Å²) < 4.78 is 32.2. The number of benzene rings is 2. The van der Waals surface area contributed by atoms with E-state index in [1.807, 2.05) is 0 Å². The zero-order chi connectivity index (χ0) is 15.6. The molecule has 0 bridgehead atoms. The molecule has 0 radical (unpaired) electrons. The summed E-state index contributed by atoms with van der Waals surface area (Å²) in [6.45, 7) is 0. The summed E-state index contributed by atoms with van der Waals surface area (Å²) in [5, 5.41) is 2.09. The number of amides is 1. The first kappa shape index (κ1) is 15.7. The molecule has 21 heavy (non-hydrogen) atoms. The predicted molar refractivity (Wildman–Crippen MR) is 80.0 cm³/mol. The lowest BCUT2D eigenvalue weighted by Gasteiger charge is -2.10. The molecule has 7 heteroatoms. The van der Waals surface area contributed by atoms with Crippen molar-refractivity contribution in [2.45, 2.75) is 0 Å². The van der Waals surface area contributed by atoms with Gasteiger partial charge < -0.3 is 10.1 Å². The zero-order valence-electron chi connectivity index (χ0n) is 10.7. The molecule has 2 aromatic rings. The van der Waals surface area contributed by atoms with Gasteiger partial charge in [0.15, 0.2) is 5.82 Å². The molecule has 0 unspecified atom stereocenters. The van der Waals surface area contributed by atoms with Crippen LogP contribution in [0.1, 0.15) is 10.4 Å². The Morgan fingerprint density at radius 3 is 2.62 bits per heavy atom. The highest BCUT2D eigenvalue weighted by atomic mass is 79.9. The van der Waals surface area contributed by atoms with Crippen LogP contribution in [0.4, 0.5) is 14.5 Å². The summed E-state index contributed by atoms with van der Waals surface area (Å²) in [6.07, 6.45) is 0. The van der Waals surface area contributed by atoms with Crippen LogP contribution in [0.25, 0.3) is 0 Å². The Morgan fingerprint density at radius 1 is 1.29 bits per heavy atom. The molecule has 1 N–H and O–H groups in total. The number of methoxy groups -OCH3 is 1. The topological polar surface area (TPSA) is 38.3 Å². The monoisotopic (exact) mass is 375 g/mol. The van der Waals surface area contributed by atoms with Crippen LogP contribution in [0.2, 0.25) is 5.02 Å². The number of nitrogens with one attached hydrogen (secondary N) is 1. The Labute approximate surface area is 133 Å². The highest BCUT2D eigenvalue weighted by Crippen LogP contribution is 2.28. The molecule has 0 saturated carbocycles. The highest BCUT2D eigenvalue weighted by molar-refractivity contribution is 9.10. The minimum Gasteiger partial charge on any atom is -0.497 e. The van der Waals surface area contributed by atoms with Gasteiger partial charge in [-0.1, -0.05) is 11.6 Å². The number of ether oxygens (including phenoxy) is 1. The van der Waals surface area contributed by atoms with Crippen LogP contribution in [0.3, 0.4) is 0 Å². The second-order valence-corrected chi connectivity index (χ2v) is 5.31. The fourth-order valence-electron chi connectivity index (χ4n) is 1.65.